The monoisotopic (exact) mass is 550 g/mol. The molecule has 2 aliphatic heterocycles. The van der Waals surface area contributed by atoms with Gasteiger partial charge in [0.1, 0.15) is 31.2 Å². The van der Waals surface area contributed by atoms with Crippen LogP contribution in [0.4, 0.5) is 0 Å². The summed E-state index contributed by atoms with van der Waals surface area (Å²) in [4.78, 5) is 24.7. The summed E-state index contributed by atoms with van der Waals surface area (Å²) in [5.41, 5.74) is -1.85. The zero-order valence-corrected chi connectivity index (χ0v) is 22.6. The lowest BCUT2D eigenvalue weighted by atomic mass is 9.42. The van der Waals surface area contributed by atoms with Gasteiger partial charge in [0.05, 0.1) is 23.9 Å². The molecule has 0 radical (unpaired) electrons. The van der Waals surface area contributed by atoms with E-state index < -0.39 is 53.2 Å². The predicted molar refractivity (Wildman–Crippen MR) is 135 cm³/mol. The number of carbonyl (C=O) groups excluding carboxylic acids is 2. The van der Waals surface area contributed by atoms with Crippen LogP contribution in [0.25, 0.3) is 0 Å². The number of aldehydes is 1. The molecule has 39 heavy (non-hydrogen) atoms. The van der Waals surface area contributed by atoms with Gasteiger partial charge in [-0.15, -0.1) is 0 Å². The largest absolute Gasteiger partial charge is 0.458 e. The van der Waals surface area contributed by atoms with Crippen molar-refractivity contribution in [3.63, 3.8) is 0 Å². The van der Waals surface area contributed by atoms with Crippen LogP contribution in [0.2, 0.25) is 0 Å². The van der Waals surface area contributed by atoms with Crippen molar-refractivity contribution in [2.24, 2.45) is 34.5 Å². The SMILES string of the molecule is C[C@H]1O[C@@H](O[C@H]2CC[C@@]3(C=O)[C@H](CC[C@@H]4[C@@H]3C[C@@H](O)[C@]3(C)[C@@H](C5=CC(=O)OC5)CC[C@]43O)C2)[C@H](O)[C@H](O)[C@H]1O. The number of aliphatic hydroxyl groups excluding tert-OH is 4. The molecule has 5 fully saturated rings. The van der Waals surface area contributed by atoms with Crippen LogP contribution in [-0.4, -0.2) is 92.9 Å². The van der Waals surface area contributed by atoms with E-state index >= 15 is 0 Å². The highest BCUT2D eigenvalue weighted by Crippen LogP contribution is 2.69. The Morgan fingerprint density at radius 2 is 1.77 bits per heavy atom. The smallest absolute Gasteiger partial charge is 0.331 e. The topological polar surface area (TPSA) is 163 Å². The Morgan fingerprint density at radius 3 is 2.46 bits per heavy atom. The standard InChI is InChI=1S/C29H42O10/c1-14-23(33)24(34)25(35)26(38-14)39-17-5-7-28(13-30)16(10-17)3-4-19-20(28)11-21(31)27(2)18(6-8-29(19,27)36)15-9-22(32)37-12-15/h9,13-14,16-21,23-26,31,33-36H,3-8,10-12H2,1-2H3/t14-,16-,17+,18-,19-,20+,21-,23+,24-,25-,26+,27+,28-,29+/m1/s1. The molecule has 1 saturated heterocycles. The molecule has 0 bridgehead atoms. The van der Waals surface area contributed by atoms with Crippen molar-refractivity contribution in [2.75, 3.05) is 6.61 Å². The van der Waals surface area contributed by atoms with Gasteiger partial charge in [0.2, 0.25) is 0 Å². The van der Waals surface area contributed by atoms with Crippen LogP contribution in [0.15, 0.2) is 11.6 Å². The molecule has 2 heterocycles. The molecule has 10 nitrogen and oxygen atoms in total. The highest BCUT2D eigenvalue weighted by atomic mass is 16.7. The van der Waals surface area contributed by atoms with E-state index in [9.17, 15) is 35.1 Å². The van der Waals surface area contributed by atoms with Gasteiger partial charge in [0.15, 0.2) is 6.29 Å². The molecule has 5 N–H and O–H groups in total. The van der Waals surface area contributed by atoms with Crippen LogP contribution in [0, 0.1) is 34.5 Å². The van der Waals surface area contributed by atoms with E-state index in [1.54, 1.807) is 6.92 Å². The third kappa shape index (κ3) is 3.86. The predicted octanol–water partition coefficient (Wildman–Crippen LogP) is 0.606. The fourth-order valence-electron chi connectivity index (χ4n) is 9.72. The molecule has 0 aromatic rings. The van der Waals surface area contributed by atoms with Crippen molar-refractivity contribution in [2.45, 2.75) is 114 Å². The average Bonchev–Trinajstić information content (AvgIpc) is 3.47. The highest BCUT2D eigenvalue weighted by Gasteiger charge is 2.71. The zero-order valence-electron chi connectivity index (χ0n) is 22.6. The van der Waals surface area contributed by atoms with Crippen LogP contribution < -0.4 is 0 Å². The summed E-state index contributed by atoms with van der Waals surface area (Å²) in [6.07, 6.45) is 0.412. The Labute approximate surface area is 228 Å². The van der Waals surface area contributed by atoms with Crippen LogP contribution in [0.5, 0.6) is 0 Å². The number of hydrogen-bond acceptors (Lipinski definition) is 10. The molecule has 4 aliphatic carbocycles. The van der Waals surface area contributed by atoms with Crippen LogP contribution in [0.1, 0.15) is 65.2 Å². The Kier molecular flexibility index (Phi) is 6.81. The van der Waals surface area contributed by atoms with E-state index in [0.717, 1.165) is 24.7 Å². The molecule has 218 valence electrons. The lowest BCUT2D eigenvalue weighted by molar-refractivity contribution is -0.310. The number of fused-ring (bicyclic) bond motifs is 5. The fourth-order valence-corrected chi connectivity index (χ4v) is 9.72. The minimum Gasteiger partial charge on any atom is -0.458 e. The quantitative estimate of drug-likeness (QED) is 0.190. The van der Waals surface area contributed by atoms with Crippen LogP contribution >= 0.6 is 0 Å². The first-order valence-corrected chi connectivity index (χ1v) is 14.6. The van der Waals surface area contributed by atoms with Gasteiger partial charge < -0.3 is 44.5 Å². The molecular weight excluding hydrogens is 508 g/mol. The Hall–Kier alpha value is -1.40. The van der Waals surface area contributed by atoms with Gasteiger partial charge in [-0.25, -0.2) is 4.79 Å². The molecular formula is C29H42O10. The number of rotatable bonds is 4. The molecule has 0 unspecified atom stereocenters. The molecule has 0 amide bonds. The van der Waals surface area contributed by atoms with Gasteiger partial charge in [-0.2, -0.15) is 0 Å². The maximum Gasteiger partial charge on any atom is 0.331 e. The molecule has 6 rings (SSSR count). The number of cyclic esters (lactones) is 1. The molecule has 0 spiro atoms. The van der Waals surface area contributed by atoms with Crippen molar-refractivity contribution in [3.05, 3.63) is 11.6 Å². The van der Waals surface area contributed by atoms with E-state index in [0.29, 0.717) is 38.5 Å². The summed E-state index contributed by atoms with van der Waals surface area (Å²) in [6.45, 7) is 3.76. The Morgan fingerprint density at radius 1 is 1.00 bits per heavy atom. The molecule has 0 aromatic carbocycles. The lowest BCUT2D eigenvalue weighted by Gasteiger charge is -2.64. The average molecular weight is 551 g/mol. The summed E-state index contributed by atoms with van der Waals surface area (Å²) >= 11 is 0. The van der Waals surface area contributed by atoms with E-state index in [1.165, 1.54) is 6.08 Å². The Balaban J connectivity index is 1.22. The van der Waals surface area contributed by atoms with Crippen molar-refractivity contribution in [1.29, 1.82) is 0 Å². The first kappa shape index (κ1) is 27.8. The van der Waals surface area contributed by atoms with Crippen molar-refractivity contribution >= 4 is 12.3 Å². The normalized spacial score (nSPS) is 55.2. The van der Waals surface area contributed by atoms with Gasteiger partial charge in [-0.3, -0.25) is 0 Å². The second-order valence-corrected chi connectivity index (χ2v) is 13.3. The van der Waals surface area contributed by atoms with Gasteiger partial charge in [0, 0.05) is 16.9 Å². The summed E-state index contributed by atoms with van der Waals surface area (Å²) in [5, 5.41) is 54.6. The van der Waals surface area contributed by atoms with E-state index in [4.69, 9.17) is 14.2 Å². The zero-order chi connectivity index (χ0) is 27.9. The number of esters is 1. The van der Waals surface area contributed by atoms with Crippen molar-refractivity contribution in [1.82, 2.24) is 0 Å². The molecule has 0 aromatic heterocycles. The van der Waals surface area contributed by atoms with Gasteiger partial charge >= 0.3 is 5.97 Å². The molecule has 14 atom stereocenters. The third-order valence-electron chi connectivity index (χ3n) is 11.9. The maximum absolute atomic E-state index is 12.9. The summed E-state index contributed by atoms with van der Waals surface area (Å²) in [6, 6.07) is 0. The number of ether oxygens (including phenoxy) is 3. The van der Waals surface area contributed by atoms with Gasteiger partial charge in [0.25, 0.3) is 0 Å². The minimum atomic E-state index is -1.38. The molecule has 6 aliphatic rings. The second kappa shape index (κ2) is 9.58. The third-order valence-corrected chi connectivity index (χ3v) is 11.9. The summed E-state index contributed by atoms with van der Waals surface area (Å²) in [7, 11) is 0. The summed E-state index contributed by atoms with van der Waals surface area (Å²) in [5.74, 6) is -0.862. The van der Waals surface area contributed by atoms with Crippen molar-refractivity contribution in [3.8, 4) is 0 Å². The van der Waals surface area contributed by atoms with Gasteiger partial charge in [-0.1, -0.05) is 6.92 Å². The molecule has 4 saturated carbocycles. The Bertz CT molecular complexity index is 1030. The van der Waals surface area contributed by atoms with E-state index in [-0.39, 0.29) is 42.4 Å². The lowest BCUT2D eigenvalue weighted by Crippen LogP contribution is -2.67. The van der Waals surface area contributed by atoms with E-state index in [1.807, 2.05) is 6.92 Å². The van der Waals surface area contributed by atoms with Gasteiger partial charge in [-0.05, 0) is 87.5 Å². The van der Waals surface area contributed by atoms with E-state index in [2.05, 4.69) is 0 Å². The maximum atomic E-state index is 12.9. The summed E-state index contributed by atoms with van der Waals surface area (Å²) < 4.78 is 16.9. The van der Waals surface area contributed by atoms with Crippen LogP contribution in [0.3, 0.4) is 0 Å². The molecule has 10 heteroatoms. The first-order valence-electron chi connectivity index (χ1n) is 14.6. The highest BCUT2D eigenvalue weighted by molar-refractivity contribution is 5.85. The number of aliphatic hydroxyl groups is 5. The second-order valence-electron chi connectivity index (χ2n) is 13.3. The van der Waals surface area contributed by atoms with Crippen molar-refractivity contribution < 1.29 is 49.3 Å². The minimum absolute atomic E-state index is 0.00964. The number of carbonyl (C=O) groups is 2. The number of hydrogen-bond donors (Lipinski definition) is 5. The van der Waals surface area contributed by atoms with Crippen LogP contribution in [-0.2, 0) is 23.8 Å². The fraction of sp³-hybridized carbons (Fsp3) is 0.862. The first-order chi connectivity index (χ1) is 18.5.